The number of nitrogens with zero attached hydrogens (tertiary/aromatic N) is 3. The van der Waals surface area contributed by atoms with E-state index in [1.54, 1.807) is 23.5 Å². The van der Waals surface area contributed by atoms with Gasteiger partial charge in [0.1, 0.15) is 9.22 Å². The van der Waals surface area contributed by atoms with Gasteiger partial charge in [-0.3, -0.25) is 0 Å². The molecule has 0 aromatic carbocycles. The lowest BCUT2D eigenvalue weighted by atomic mass is 10.5. The number of sulfonamides is 1. The van der Waals surface area contributed by atoms with Gasteiger partial charge in [-0.15, -0.1) is 22.7 Å². The first-order chi connectivity index (χ1) is 11.8. The first-order valence-corrected chi connectivity index (χ1v) is 10.8. The number of thiophene rings is 1. The van der Waals surface area contributed by atoms with Crippen LogP contribution < -0.4 is 10.6 Å². The number of aromatic nitrogens is 1. The monoisotopic (exact) mass is 401 g/mol. The van der Waals surface area contributed by atoms with Crippen LogP contribution in [-0.4, -0.2) is 44.3 Å². The summed E-state index contributed by atoms with van der Waals surface area (Å²) in [6.45, 7) is 5.79. The van der Waals surface area contributed by atoms with Crippen molar-refractivity contribution in [2.24, 2.45) is 4.99 Å². The first kappa shape index (κ1) is 19.8. The van der Waals surface area contributed by atoms with Crippen molar-refractivity contribution in [3.63, 3.8) is 0 Å². The van der Waals surface area contributed by atoms with Crippen LogP contribution in [0, 0.1) is 6.92 Å². The van der Waals surface area contributed by atoms with Gasteiger partial charge in [0.25, 0.3) is 10.0 Å². The van der Waals surface area contributed by atoms with E-state index < -0.39 is 10.0 Å². The molecule has 0 unspecified atom stereocenters. The highest BCUT2D eigenvalue weighted by molar-refractivity contribution is 7.91. The fourth-order valence-electron chi connectivity index (χ4n) is 1.90. The van der Waals surface area contributed by atoms with Crippen LogP contribution in [0.15, 0.2) is 27.5 Å². The molecule has 2 aromatic rings. The highest BCUT2D eigenvalue weighted by Gasteiger charge is 2.19. The Bertz CT molecular complexity index is 824. The van der Waals surface area contributed by atoms with Crippen LogP contribution in [0.25, 0.3) is 0 Å². The van der Waals surface area contributed by atoms with E-state index in [0.29, 0.717) is 23.3 Å². The molecule has 0 fully saturated rings. The SMILES string of the molecule is CCNC(=NCc1ccc(S(=O)(=O)N(C)C)s1)NCc1ncc(C)s1. The minimum absolute atomic E-state index is 0.332. The Morgan fingerprint density at radius 3 is 2.64 bits per heavy atom. The molecule has 0 aliphatic carbocycles. The van der Waals surface area contributed by atoms with E-state index >= 15 is 0 Å². The van der Waals surface area contributed by atoms with E-state index in [9.17, 15) is 8.42 Å². The van der Waals surface area contributed by atoms with E-state index in [2.05, 4.69) is 20.6 Å². The molecular weight excluding hydrogens is 378 g/mol. The Balaban J connectivity index is 2.02. The van der Waals surface area contributed by atoms with Gasteiger partial charge in [0.05, 0.1) is 13.1 Å². The molecule has 0 spiro atoms. The number of hydrogen-bond donors (Lipinski definition) is 2. The summed E-state index contributed by atoms with van der Waals surface area (Å²) < 4.78 is 25.8. The first-order valence-electron chi connectivity index (χ1n) is 7.77. The number of hydrogen-bond acceptors (Lipinski definition) is 6. The zero-order valence-corrected chi connectivity index (χ0v) is 17.2. The van der Waals surface area contributed by atoms with Crippen LogP contribution in [-0.2, 0) is 23.1 Å². The number of aryl methyl sites for hydroxylation is 1. The van der Waals surface area contributed by atoms with E-state index in [4.69, 9.17) is 0 Å². The van der Waals surface area contributed by atoms with Crippen LogP contribution in [0.3, 0.4) is 0 Å². The molecule has 0 bridgehead atoms. The minimum Gasteiger partial charge on any atom is -0.357 e. The summed E-state index contributed by atoms with van der Waals surface area (Å²) in [7, 11) is -0.327. The van der Waals surface area contributed by atoms with Crippen LogP contribution in [0.2, 0.25) is 0 Å². The van der Waals surface area contributed by atoms with Gasteiger partial charge in [-0.25, -0.2) is 22.7 Å². The zero-order valence-electron chi connectivity index (χ0n) is 14.7. The van der Waals surface area contributed by atoms with Gasteiger partial charge in [-0.2, -0.15) is 0 Å². The fourth-order valence-corrected chi connectivity index (χ4v) is 5.08. The van der Waals surface area contributed by atoms with Crippen LogP contribution in [0.1, 0.15) is 21.7 Å². The molecule has 138 valence electrons. The van der Waals surface area contributed by atoms with Gasteiger partial charge in [-0.05, 0) is 26.0 Å². The average molecular weight is 402 g/mol. The third-order valence-electron chi connectivity index (χ3n) is 3.19. The second-order valence-corrected chi connectivity index (χ2v) is 10.3. The Kier molecular flexibility index (Phi) is 6.94. The van der Waals surface area contributed by atoms with Crippen molar-refractivity contribution in [2.45, 2.75) is 31.1 Å². The number of guanidine groups is 1. The second-order valence-electron chi connectivity index (χ2n) is 5.42. The lowest BCUT2D eigenvalue weighted by Crippen LogP contribution is -2.36. The average Bonchev–Trinajstić information content (AvgIpc) is 3.19. The summed E-state index contributed by atoms with van der Waals surface area (Å²) in [5.74, 6) is 0.681. The van der Waals surface area contributed by atoms with Gasteiger partial charge < -0.3 is 10.6 Å². The Hall–Kier alpha value is -1.49. The predicted octanol–water partition coefficient (Wildman–Crippen LogP) is 2.02. The second kappa shape index (κ2) is 8.75. The van der Waals surface area contributed by atoms with Gasteiger partial charge in [0, 0.05) is 36.6 Å². The minimum atomic E-state index is -3.38. The molecule has 0 aliphatic heterocycles. The van der Waals surface area contributed by atoms with E-state index in [1.165, 1.54) is 34.6 Å². The largest absolute Gasteiger partial charge is 0.357 e. The van der Waals surface area contributed by atoms with E-state index in [1.807, 2.05) is 20.0 Å². The standard InChI is InChI=1S/C15H23N5O2S3/c1-5-16-15(19-10-13-17-8-11(2)23-13)18-9-12-6-7-14(24-12)25(21,22)20(3)4/h6-8H,5,9-10H2,1-4H3,(H2,16,18,19). The Morgan fingerprint density at radius 1 is 1.28 bits per heavy atom. The number of thiazole rings is 1. The van der Waals surface area contributed by atoms with Gasteiger partial charge in [-0.1, -0.05) is 0 Å². The quantitative estimate of drug-likeness (QED) is 0.547. The highest BCUT2D eigenvalue weighted by atomic mass is 32.2. The van der Waals surface area contributed by atoms with Crippen molar-refractivity contribution >= 4 is 38.7 Å². The zero-order chi connectivity index (χ0) is 18.4. The maximum atomic E-state index is 12.1. The third-order valence-corrected chi connectivity index (χ3v) is 7.45. The molecule has 2 rings (SSSR count). The number of aliphatic imine (C=N–C) groups is 1. The molecule has 25 heavy (non-hydrogen) atoms. The summed E-state index contributed by atoms with van der Waals surface area (Å²) in [5, 5.41) is 7.42. The summed E-state index contributed by atoms with van der Waals surface area (Å²) in [5.41, 5.74) is 0. The van der Waals surface area contributed by atoms with Gasteiger partial charge in [0.15, 0.2) is 5.96 Å². The maximum absolute atomic E-state index is 12.1. The van der Waals surface area contributed by atoms with Crippen molar-refractivity contribution < 1.29 is 8.42 Å². The lowest BCUT2D eigenvalue weighted by molar-refractivity contribution is 0.523. The van der Waals surface area contributed by atoms with E-state index in [-0.39, 0.29) is 0 Å². The summed E-state index contributed by atoms with van der Waals surface area (Å²) in [6.07, 6.45) is 1.85. The van der Waals surface area contributed by atoms with Crippen LogP contribution in [0.4, 0.5) is 0 Å². The topological polar surface area (TPSA) is 86.7 Å². The van der Waals surface area contributed by atoms with Crippen molar-refractivity contribution in [2.75, 3.05) is 20.6 Å². The molecular formula is C15H23N5O2S3. The lowest BCUT2D eigenvalue weighted by Gasteiger charge is -2.09. The molecule has 0 atom stereocenters. The van der Waals surface area contributed by atoms with E-state index in [0.717, 1.165) is 16.4 Å². The van der Waals surface area contributed by atoms with Gasteiger partial charge in [0.2, 0.25) is 0 Å². The van der Waals surface area contributed by atoms with Crippen LogP contribution in [0.5, 0.6) is 0 Å². The highest BCUT2D eigenvalue weighted by Crippen LogP contribution is 2.24. The molecule has 2 N–H and O–H groups in total. The Labute approximate surface area is 156 Å². The normalized spacial score (nSPS) is 12.6. The molecule has 0 aliphatic rings. The molecule has 7 nitrogen and oxygen atoms in total. The summed E-state index contributed by atoms with van der Waals surface area (Å²) >= 11 is 2.89. The van der Waals surface area contributed by atoms with Crippen LogP contribution >= 0.6 is 22.7 Å². The predicted molar refractivity (Wildman–Crippen MR) is 104 cm³/mol. The number of rotatable bonds is 7. The molecule has 10 heteroatoms. The molecule has 0 amide bonds. The smallest absolute Gasteiger partial charge is 0.252 e. The molecule has 2 aromatic heterocycles. The fraction of sp³-hybridized carbons (Fsp3) is 0.467. The van der Waals surface area contributed by atoms with Crippen molar-refractivity contribution in [3.8, 4) is 0 Å². The molecule has 0 saturated carbocycles. The Morgan fingerprint density at radius 2 is 2.04 bits per heavy atom. The molecule has 2 heterocycles. The van der Waals surface area contributed by atoms with Crippen molar-refractivity contribution in [1.82, 2.24) is 19.9 Å². The van der Waals surface area contributed by atoms with Gasteiger partial charge >= 0.3 is 0 Å². The van der Waals surface area contributed by atoms with Crippen molar-refractivity contribution in [3.05, 3.63) is 33.1 Å². The number of nitrogens with one attached hydrogen (secondary N) is 2. The molecule has 0 radical (unpaired) electrons. The molecule has 0 saturated heterocycles. The summed E-state index contributed by atoms with van der Waals surface area (Å²) in [4.78, 5) is 10.9. The summed E-state index contributed by atoms with van der Waals surface area (Å²) in [6, 6.07) is 3.43. The maximum Gasteiger partial charge on any atom is 0.252 e. The van der Waals surface area contributed by atoms with Crippen molar-refractivity contribution in [1.29, 1.82) is 0 Å². The third kappa shape index (κ3) is 5.50.